The minimum Gasteiger partial charge on any atom is -0.497 e. The van der Waals surface area contributed by atoms with E-state index >= 15 is 0 Å². The molecular weight excluding hydrogens is 524 g/mol. The number of aliphatic hydroxyl groups excluding tert-OH is 1. The topological polar surface area (TPSA) is 143 Å². The first-order chi connectivity index (χ1) is 19.9. The third-order valence-electron chi connectivity index (χ3n) is 8.31. The van der Waals surface area contributed by atoms with E-state index in [0.29, 0.717) is 37.3 Å². The molecule has 1 amide bonds. The van der Waals surface area contributed by atoms with Crippen molar-refractivity contribution in [1.82, 2.24) is 19.9 Å². The molecule has 1 saturated heterocycles. The Morgan fingerprint density at radius 3 is 2.66 bits per heavy atom. The molecule has 2 aliphatic rings. The Morgan fingerprint density at radius 1 is 1.15 bits per heavy atom. The van der Waals surface area contributed by atoms with Crippen molar-refractivity contribution in [2.45, 2.75) is 44.4 Å². The lowest BCUT2D eigenvalue weighted by atomic mass is 9.65. The standard InChI is InChI=1S/C30H34N6O5/c1-40-21-10-7-19(8-11-21)25-17-36(34-33-25)14-13-28(38)32-24-6-4-3-5-22(24)26-15-23-20(16-35(26)18-31)9-12-27(37)29(23)30(39)41-2/h3-8,10-11,17,20,23,26-27,29,37H,9,12-16H2,1-2H3,(H,32,38)/t20-,23-,26-,27-,29+/m0/s1. The van der Waals surface area contributed by atoms with E-state index in [9.17, 15) is 20.0 Å². The van der Waals surface area contributed by atoms with Gasteiger partial charge < -0.3 is 24.8 Å². The van der Waals surface area contributed by atoms with Gasteiger partial charge in [-0.15, -0.1) is 5.10 Å². The van der Waals surface area contributed by atoms with Gasteiger partial charge in [-0.1, -0.05) is 23.4 Å². The van der Waals surface area contributed by atoms with Crippen LogP contribution >= 0.6 is 0 Å². The maximum absolute atomic E-state index is 13.0. The summed E-state index contributed by atoms with van der Waals surface area (Å²) in [6.45, 7) is 0.824. The predicted molar refractivity (Wildman–Crippen MR) is 149 cm³/mol. The molecule has 0 spiro atoms. The Hall–Kier alpha value is -4.43. The Kier molecular flexibility index (Phi) is 8.50. The minimum atomic E-state index is -0.769. The molecule has 3 aromatic rings. The number of carbonyl (C=O) groups excluding carboxylic acids is 2. The first kappa shape index (κ1) is 28.1. The fourth-order valence-electron chi connectivity index (χ4n) is 6.19. The molecular formula is C30H34N6O5. The van der Waals surface area contributed by atoms with Crippen LogP contribution in [0.5, 0.6) is 5.75 Å². The number of nitrogens with one attached hydrogen (secondary N) is 1. The van der Waals surface area contributed by atoms with Gasteiger partial charge in [0.05, 0.1) is 45.0 Å². The number of esters is 1. The quantitative estimate of drug-likeness (QED) is 0.314. The fourth-order valence-corrected chi connectivity index (χ4v) is 6.19. The number of aliphatic hydroxyl groups is 1. The summed E-state index contributed by atoms with van der Waals surface area (Å²) in [5.41, 5.74) is 3.01. The van der Waals surface area contributed by atoms with E-state index < -0.39 is 18.0 Å². The molecule has 5 atom stereocenters. The second-order valence-electron chi connectivity index (χ2n) is 10.6. The van der Waals surface area contributed by atoms with Crippen molar-refractivity contribution in [2.24, 2.45) is 17.8 Å². The zero-order valence-corrected chi connectivity index (χ0v) is 23.1. The van der Waals surface area contributed by atoms with Crippen LogP contribution < -0.4 is 10.1 Å². The van der Waals surface area contributed by atoms with Crippen molar-refractivity contribution in [2.75, 3.05) is 26.1 Å². The number of amides is 1. The first-order valence-corrected chi connectivity index (χ1v) is 13.8. The van der Waals surface area contributed by atoms with Crippen LogP contribution in [0.15, 0.2) is 54.7 Å². The molecule has 5 rings (SSSR count). The maximum atomic E-state index is 13.0. The molecule has 0 radical (unpaired) electrons. The van der Waals surface area contributed by atoms with Gasteiger partial charge in [0.1, 0.15) is 11.4 Å². The van der Waals surface area contributed by atoms with Gasteiger partial charge in [0.2, 0.25) is 5.91 Å². The minimum absolute atomic E-state index is 0.102. The summed E-state index contributed by atoms with van der Waals surface area (Å²) in [7, 11) is 2.95. The molecule has 11 heteroatoms. The molecule has 11 nitrogen and oxygen atoms in total. The lowest BCUT2D eigenvalue weighted by Gasteiger charge is -2.48. The molecule has 2 aromatic carbocycles. The number of ether oxygens (including phenoxy) is 2. The van der Waals surface area contributed by atoms with Crippen molar-refractivity contribution >= 4 is 17.6 Å². The number of carbonyl (C=O) groups is 2. The number of nitrogens with zero attached hydrogens (tertiary/aromatic N) is 5. The van der Waals surface area contributed by atoms with E-state index in [4.69, 9.17) is 9.47 Å². The SMILES string of the molecule is COC(=O)[C@@H]1[C@H]2C[C@@H](c3ccccc3NC(=O)CCn3cc(-c4ccc(OC)cc4)nn3)N(C#N)C[C@@H]2CC[C@@H]1O. The number of benzene rings is 2. The van der Waals surface area contributed by atoms with Crippen molar-refractivity contribution < 1.29 is 24.2 Å². The molecule has 0 unspecified atom stereocenters. The van der Waals surface area contributed by atoms with Crippen LogP contribution in [0.25, 0.3) is 11.3 Å². The number of piperidine rings is 1. The molecule has 41 heavy (non-hydrogen) atoms. The number of rotatable bonds is 8. The number of aromatic nitrogens is 3. The number of nitriles is 1. The van der Waals surface area contributed by atoms with Gasteiger partial charge in [0, 0.05) is 24.2 Å². The lowest BCUT2D eigenvalue weighted by molar-refractivity contribution is -0.159. The monoisotopic (exact) mass is 558 g/mol. The van der Waals surface area contributed by atoms with Crippen LogP contribution in [0.4, 0.5) is 5.69 Å². The van der Waals surface area contributed by atoms with Gasteiger partial charge in [-0.3, -0.25) is 14.3 Å². The van der Waals surface area contributed by atoms with E-state index in [-0.39, 0.29) is 30.2 Å². The van der Waals surface area contributed by atoms with Crippen molar-refractivity contribution in [1.29, 1.82) is 5.26 Å². The molecule has 2 heterocycles. The summed E-state index contributed by atoms with van der Waals surface area (Å²) < 4.78 is 11.9. The van der Waals surface area contributed by atoms with Crippen LogP contribution in [0.1, 0.15) is 37.3 Å². The average Bonchev–Trinajstić information content (AvgIpc) is 3.48. The first-order valence-electron chi connectivity index (χ1n) is 13.8. The van der Waals surface area contributed by atoms with E-state index in [0.717, 1.165) is 23.3 Å². The predicted octanol–water partition coefficient (Wildman–Crippen LogP) is 3.39. The molecule has 1 aliphatic heterocycles. The Bertz CT molecular complexity index is 1420. The fraction of sp³-hybridized carbons (Fsp3) is 0.433. The normalized spacial score (nSPS) is 23.7. The number of para-hydroxylation sites is 1. The third kappa shape index (κ3) is 6.02. The van der Waals surface area contributed by atoms with Crippen LogP contribution in [-0.2, 0) is 20.9 Å². The smallest absolute Gasteiger partial charge is 0.311 e. The number of methoxy groups -OCH3 is 2. The number of anilines is 1. The van der Waals surface area contributed by atoms with Crippen LogP contribution in [0.3, 0.4) is 0 Å². The zero-order chi connectivity index (χ0) is 28.9. The van der Waals surface area contributed by atoms with E-state index in [1.807, 2.05) is 48.5 Å². The lowest BCUT2D eigenvalue weighted by Crippen LogP contribution is -2.51. The van der Waals surface area contributed by atoms with Crippen LogP contribution in [0, 0.1) is 29.2 Å². The number of likely N-dealkylation sites (tertiary alicyclic amines) is 1. The van der Waals surface area contributed by atoms with Crippen molar-refractivity contribution in [3.05, 3.63) is 60.3 Å². The highest BCUT2D eigenvalue weighted by molar-refractivity contribution is 5.91. The highest BCUT2D eigenvalue weighted by Crippen LogP contribution is 2.47. The average molecular weight is 559 g/mol. The van der Waals surface area contributed by atoms with Gasteiger partial charge in [-0.2, -0.15) is 5.26 Å². The summed E-state index contributed by atoms with van der Waals surface area (Å²) in [6, 6.07) is 14.6. The number of fused-ring (bicyclic) bond motifs is 1. The van der Waals surface area contributed by atoms with Crippen molar-refractivity contribution in [3.63, 3.8) is 0 Å². The second-order valence-corrected chi connectivity index (χ2v) is 10.6. The zero-order valence-electron chi connectivity index (χ0n) is 23.1. The Labute approximate surface area is 238 Å². The summed E-state index contributed by atoms with van der Waals surface area (Å²) in [5, 5.41) is 32.0. The third-order valence-corrected chi connectivity index (χ3v) is 8.31. The molecule has 2 fully saturated rings. The van der Waals surface area contributed by atoms with Crippen LogP contribution in [0.2, 0.25) is 0 Å². The van der Waals surface area contributed by atoms with E-state index in [2.05, 4.69) is 21.8 Å². The van der Waals surface area contributed by atoms with Crippen molar-refractivity contribution in [3.8, 4) is 23.2 Å². The molecule has 2 N–H and O–H groups in total. The highest BCUT2D eigenvalue weighted by atomic mass is 16.5. The summed E-state index contributed by atoms with van der Waals surface area (Å²) >= 11 is 0. The Morgan fingerprint density at radius 2 is 1.93 bits per heavy atom. The molecule has 0 bridgehead atoms. The summed E-state index contributed by atoms with van der Waals surface area (Å²) in [5.74, 6) is -0.516. The van der Waals surface area contributed by atoms with Crippen LogP contribution in [-0.4, -0.2) is 63.7 Å². The molecule has 1 aliphatic carbocycles. The van der Waals surface area contributed by atoms with Gasteiger partial charge in [-0.05, 0) is 67.0 Å². The molecule has 1 saturated carbocycles. The highest BCUT2D eigenvalue weighted by Gasteiger charge is 2.48. The van der Waals surface area contributed by atoms with Gasteiger partial charge >= 0.3 is 5.97 Å². The number of hydrogen-bond donors (Lipinski definition) is 2. The van der Waals surface area contributed by atoms with Gasteiger partial charge in [0.25, 0.3) is 0 Å². The largest absolute Gasteiger partial charge is 0.497 e. The number of aryl methyl sites for hydroxylation is 1. The molecule has 1 aromatic heterocycles. The van der Waals surface area contributed by atoms with E-state index in [1.54, 1.807) is 22.9 Å². The van der Waals surface area contributed by atoms with Gasteiger partial charge in [0.15, 0.2) is 6.19 Å². The molecule has 214 valence electrons. The summed E-state index contributed by atoms with van der Waals surface area (Å²) in [6.07, 6.45) is 5.26. The Balaban J connectivity index is 1.27. The summed E-state index contributed by atoms with van der Waals surface area (Å²) in [4.78, 5) is 27.3. The second kappa shape index (κ2) is 12.4. The maximum Gasteiger partial charge on any atom is 0.311 e. The number of hydrogen-bond acceptors (Lipinski definition) is 9. The van der Waals surface area contributed by atoms with E-state index in [1.165, 1.54) is 7.11 Å². The van der Waals surface area contributed by atoms with Gasteiger partial charge in [-0.25, -0.2) is 0 Å².